The molecule has 0 saturated heterocycles. The largest absolute Gasteiger partial charge is 0.444 e. The van der Waals surface area contributed by atoms with Crippen molar-refractivity contribution in [2.45, 2.75) is 98.0 Å². The van der Waals surface area contributed by atoms with Gasteiger partial charge in [0.1, 0.15) is 17.7 Å². The highest BCUT2D eigenvalue weighted by Crippen LogP contribution is 2.41. The maximum Gasteiger partial charge on any atom is 0.408 e. The minimum absolute atomic E-state index is 0.0931. The first-order chi connectivity index (χ1) is 17.7. The highest BCUT2D eigenvalue weighted by Gasteiger charge is 2.48. The Morgan fingerprint density at radius 3 is 2.08 bits per heavy atom. The molecule has 1 aliphatic carbocycles. The average molecular weight is 522 g/mol. The Balaban J connectivity index is 2.06. The lowest BCUT2D eigenvalue weighted by molar-refractivity contribution is -0.143. The molecule has 2 N–H and O–H groups in total. The molecule has 0 aliphatic heterocycles. The van der Waals surface area contributed by atoms with E-state index in [0.29, 0.717) is 0 Å². The summed E-state index contributed by atoms with van der Waals surface area (Å²) in [4.78, 5) is 42.7. The third kappa shape index (κ3) is 8.07. The number of rotatable bonds is 9. The second-order valence-electron chi connectivity index (χ2n) is 11.9. The van der Waals surface area contributed by atoms with E-state index in [4.69, 9.17) is 4.74 Å². The summed E-state index contributed by atoms with van der Waals surface area (Å²) in [5, 5.41) is 5.85. The normalized spacial score (nSPS) is 18.3. The summed E-state index contributed by atoms with van der Waals surface area (Å²) in [6, 6.07) is 13.6. The zero-order chi connectivity index (χ0) is 28.2. The van der Waals surface area contributed by atoms with Crippen LogP contribution in [0.1, 0.15) is 76.3 Å². The van der Waals surface area contributed by atoms with Crippen LogP contribution in [0, 0.1) is 19.8 Å². The number of nitrogens with zero attached hydrogens (tertiary/aromatic N) is 1. The molecule has 4 unspecified atom stereocenters. The highest BCUT2D eigenvalue weighted by molar-refractivity contribution is 5.93. The lowest BCUT2D eigenvalue weighted by atomic mass is 9.97. The Bertz CT molecular complexity index is 1120. The monoisotopic (exact) mass is 521 g/mol. The Labute approximate surface area is 227 Å². The van der Waals surface area contributed by atoms with Crippen LogP contribution in [0.4, 0.5) is 4.79 Å². The van der Waals surface area contributed by atoms with Gasteiger partial charge in [0.15, 0.2) is 0 Å². The molecule has 38 heavy (non-hydrogen) atoms. The number of carbonyl (C=O) groups excluding carboxylic acids is 3. The van der Waals surface area contributed by atoms with Crippen LogP contribution in [0.3, 0.4) is 0 Å². The van der Waals surface area contributed by atoms with Crippen LogP contribution in [-0.4, -0.2) is 46.5 Å². The molecule has 0 radical (unpaired) electrons. The van der Waals surface area contributed by atoms with Gasteiger partial charge in [0.2, 0.25) is 11.8 Å². The van der Waals surface area contributed by atoms with E-state index in [-0.39, 0.29) is 36.2 Å². The molecule has 3 rings (SSSR count). The van der Waals surface area contributed by atoms with Crippen LogP contribution in [-0.2, 0) is 20.7 Å². The van der Waals surface area contributed by atoms with E-state index in [2.05, 4.69) is 23.6 Å². The fraction of sp³-hybridized carbons (Fsp3) is 0.516. The summed E-state index contributed by atoms with van der Waals surface area (Å²) in [6.45, 7) is 15.2. The average Bonchev–Trinajstić information content (AvgIpc) is 3.50. The standard InChI is InChI=1S/C31H43N3O4/c1-19(2)32-28(35)27(24-15-20(3)14-21(4)16-24)34(26-17-22(26)5)29(36)25(18-23-12-10-9-11-13-23)33-30(37)38-31(6,7)8/h9-16,19,22,25-27H,17-18H2,1-8H3,(H,32,35)(H,33,37). The van der Waals surface area contributed by atoms with Crippen molar-refractivity contribution in [1.29, 1.82) is 0 Å². The molecular formula is C31H43N3O4. The van der Waals surface area contributed by atoms with Crippen molar-refractivity contribution >= 4 is 17.9 Å². The van der Waals surface area contributed by atoms with Gasteiger partial charge in [0, 0.05) is 18.5 Å². The van der Waals surface area contributed by atoms with Crippen molar-refractivity contribution in [3.63, 3.8) is 0 Å². The van der Waals surface area contributed by atoms with Gasteiger partial charge in [-0.3, -0.25) is 9.59 Å². The van der Waals surface area contributed by atoms with Crippen molar-refractivity contribution in [3.05, 3.63) is 70.8 Å². The van der Waals surface area contributed by atoms with Gasteiger partial charge in [-0.05, 0) is 71.9 Å². The number of benzene rings is 2. The van der Waals surface area contributed by atoms with Crippen LogP contribution < -0.4 is 10.6 Å². The minimum atomic E-state index is -0.902. The summed E-state index contributed by atoms with van der Waals surface area (Å²) in [7, 11) is 0. The molecule has 2 aromatic rings. The van der Waals surface area contributed by atoms with Gasteiger partial charge >= 0.3 is 6.09 Å². The van der Waals surface area contributed by atoms with Gasteiger partial charge in [-0.15, -0.1) is 0 Å². The van der Waals surface area contributed by atoms with E-state index in [9.17, 15) is 14.4 Å². The molecule has 0 aromatic heterocycles. The van der Waals surface area contributed by atoms with E-state index in [1.54, 1.807) is 25.7 Å². The summed E-state index contributed by atoms with van der Waals surface area (Å²) in [5.74, 6) is -0.275. The van der Waals surface area contributed by atoms with Gasteiger partial charge in [-0.25, -0.2) is 4.79 Å². The number of aryl methyl sites for hydroxylation is 2. The summed E-state index contributed by atoms with van der Waals surface area (Å²) >= 11 is 0. The first kappa shape index (κ1) is 29.2. The third-order valence-electron chi connectivity index (χ3n) is 6.47. The molecule has 206 valence electrons. The lowest BCUT2D eigenvalue weighted by Gasteiger charge is -2.35. The summed E-state index contributed by atoms with van der Waals surface area (Å²) in [6.07, 6.45) is 0.416. The predicted molar refractivity (Wildman–Crippen MR) is 150 cm³/mol. The Kier molecular flexibility index (Phi) is 9.23. The van der Waals surface area contributed by atoms with Crippen molar-refractivity contribution in [2.24, 2.45) is 5.92 Å². The number of amides is 3. The maximum atomic E-state index is 14.4. The molecular weight excluding hydrogens is 478 g/mol. The predicted octanol–water partition coefficient (Wildman–Crippen LogP) is 5.24. The zero-order valence-corrected chi connectivity index (χ0v) is 24.0. The molecule has 1 aliphatic rings. The maximum absolute atomic E-state index is 14.4. The number of hydrogen-bond donors (Lipinski definition) is 2. The van der Waals surface area contributed by atoms with Crippen molar-refractivity contribution in [2.75, 3.05) is 0 Å². The van der Waals surface area contributed by atoms with Crippen molar-refractivity contribution < 1.29 is 19.1 Å². The highest BCUT2D eigenvalue weighted by atomic mass is 16.6. The van der Waals surface area contributed by atoms with E-state index in [0.717, 1.165) is 28.7 Å². The second kappa shape index (κ2) is 12.0. The topological polar surface area (TPSA) is 87.7 Å². The van der Waals surface area contributed by atoms with E-state index >= 15 is 0 Å². The van der Waals surface area contributed by atoms with Crippen molar-refractivity contribution in [1.82, 2.24) is 15.5 Å². The van der Waals surface area contributed by atoms with Gasteiger partial charge in [0.25, 0.3) is 0 Å². The Hall–Kier alpha value is -3.35. The number of ether oxygens (including phenoxy) is 1. The fourth-order valence-corrected chi connectivity index (χ4v) is 4.82. The van der Waals surface area contributed by atoms with Crippen molar-refractivity contribution in [3.8, 4) is 0 Å². The molecule has 1 saturated carbocycles. The molecule has 3 amide bonds. The van der Waals surface area contributed by atoms with Gasteiger partial charge in [-0.1, -0.05) is 66.6 Å². The second-order valence-corrected chi connectivity index (χ2v) is 11.9. The number of nitrogens with one attached hydrogen (secondary N) is 2. The molecule has 0 heterocycles. The SMILES string of the molecule is Cc1cc(C)cc(C(C(=O)NC(C)C)N(C(=O)C(Cc2ccccc2)NC(=O)OC(C)(C)C)C2CC2C)c1. The van der Waals surface area contributed by atoms with Gasteiger partial charge in [0.05, 0.1) is 0 Å². The molecule has 1 fully saturated rings. The van der Waals surface area contributed by atoms with E-state index in [1.807, 2.05) is 70.2 Å². The first-order valence-corrected chi connectivity index (χ1v) is 13.5. The molecule has 0 spiro atoms. The van der Waals surface area contributed by atoms with Crippen LogP contribution in [0.2, 0.25) is 0 Å². The van der Waals surface area contributed by atoms with Crippen LogP contribution in [0.25, 0.3) is 0 Å². The zero-order valence-electron chi connectivity index (χ0n) is 24.0. The number of carbonyl (C=O) groups is 3. The van der Waals surface area contributed by atoms with Crippen LogP contribution in [0.15, 0.2) is 48.5 Å². The molecule has 7 heteroatoms. The molecule has 4 atom stereocenters. The van der Waals surface area contributed by atoms with E-state index < -0.39 is 23.8 Å². The summed E-state index contributed by atoms with van der Waals surface area (Å²) < 4.78 is 5.51. The Morgan fingerprint density at radius 2 is 1.58 bits per heavy atom. The minimum Gasteiger partial charge on any atom is -0.444 e. The first-order valence-electron chi connectivity index (χ1n) is 13.5. The third-order valence-corrected chi connectivity index (χ3v) is 6.47. The molecule has 0 bridgehead atoms. The smallest absolute Gasteiger partial charge is 0.408 e. The van der Waals surface area contributed by atoms with Crippen LogP contribution in [0.5, 0.6) is 0 Å². The van der Waals surface area contributed by atoms with Gasteiger partial charge < -0.3 is 20.3 Å². The fourth-order valence-electron chi connectivity index (χ4n) is 4.82. The van der Waals surface area contributed by atoms with Crippen LogP contribution >= 0.6 is 0 Å². The number of hydrogen-bond acceptors (Lipinski definition) is 4. The molecule has 7 nitrogen and oxygen atoms in total. The van der Waals surface area contributed by atoms with Gasteiger partial charge in [-0.2, -0.15) is 0 Å². The quantitative estimate of drug-likeness (QED) is 0.472. The van der Waals surface area contributed by atoms with E-state index in [1.165, 1.54) is 0 Å². The molecule has 2 aromatic carbocycles. The summed E-state index contributed by atoms with van der Waals surface area (Å²) in [5.41, 5.74) is 3.00. The number of alkyl carbamates (subject to hydrolysis) is 1. The lowest BCUT2D eigenvalue weighted by Crippen LogP contribution is -2.55. The Morgan fingerprint density at radius 1 is 1.00 bits per heavy atom.